The Bertz CT molecular complexity index is 477. The van der Waals surface area contributed by atoms with E-state index < -0.39 is 6.10 Å². The van der Waals surface area contributed by atoms with Gasteiger partial charge in [-0.2, -0.15) is 0 Å². The minimum atomic E-state index is -0.812. The van der Waals surface area contributed by atoms with Gasteiger partial charge in [0.2, 0.25) is 0 Å². The van der Waals surface area contributed by atoms with E-state index in [9.17, 15) is 9.90 Å². The average Bonchev–Trinajstić information content (AvgIpc) is 2.45. The van der Waals surface area contributed by atoms with E-state index in [2.05, 4.69) is 25.7 Å². The molecule has 0 aromatic rings. The zero-order valence-electron chi connectivity index (χ0n) is 15.1. The molecule has 2 N–H and O–H groups in total. The second kappa shape index (κ2) is 12.0. The summed E-state index contributed by atoms with van der Waals surface area (Å²) in [5, 5.41) is 18.2. The molecule has 0 aliphatic heterocycles. The van der Waals surface area contributed by atoms with Gasteiger partial charge in [-0.25, -0.2) is 0 Å². The highest BCUT2D eigenvalue weighted by Gasteiger charge is 2.05. The number of allylic oxidation sites excluding steroid dienone is 6. The molecule has 0 unspecified atom stereocenters. The summed E-state index contributed by atoms with van der Waals surface area (Å²) < 4.78 is 0. The first-order valence-corrected chi connectivity index (χ1v) is 8.21. The number of carbonyl (C=O) groups is 1. The minimum absolute atomic E-state index is 0.159. The lowest BCUT2D eigenvalue weighted by molar-refractivity contribution is -0.114. The van der Waals surface area contributed by atoms with Crippen LogP contribution in [-0.4, -0.2) is 28.7 Å². The van der Waals surface area contributed by atoms with Gasteiger partial charge in [0.05, 0.1) is 12.7 Å². The van der Waals surface area contributed by atoms with Gasteiger partial charge >= 0.3 is 0 Å². The van der Waals surface area contributed by atoms with Crippen molar-refractivity contribution < 1.29 is 15.0 Å². The van der Waals surface area contributed by atoms with Crippen molar-refractivity contribution in [1.82, 2.24) is 0 Å². The fourth-order valence-electron chi connectivity index (χ4n) is 2.17. The van der Waals surface area contributed by atoms with E-state index in [1.54, 1.807) is 6.08 Å². The first-order chi connectivity index (χ1) is 10.8. The molecule has 0 spiro atoms. The fraction of sp³-hybridized carbons (Fsp3) is 0.550. The van der Waals surface area contributed by atoms with Gasteiger partial charge in [-0.15, -0.1) is 0 Å². The van der Waals surface area contributed by atoms with Crippen LogP contribution in [0, 0.1) is 0 Å². The summed E-state index contributed by atoms with van der Waals surface area (Å²) in [6.07, 6.45) is 9.04. The topological polar surface area (TPSA) is 57.5 Å². The molecule has 0 aliphatic rings. The Hall–Kier alpha value is -1.45. The molecule has 0 fully saturated rings. The third-order valence-electron chi connectivity index (χ3n) is 3.54. The largest absolute Gasteiger partial charge is 0.393 e. The highest BCUT2D eigenvalue weighted by Crippen LogP contribution is 2.13. The van der Waals surface area contributed by atoms with Crippen molar-refractivity contribution in [1.29, 1.82) is 0 Å². The summed E-state index contributed by atoms with van der Waals surface area (Å²) in [4.78, 5) is 11.7. The normalized spacial score (nSPS) is 13.7. The maximum atomic E-state index is 11.7. The van der Waals surface area contributed by atoms with Crippen LogP contribution in [0.2, 0.25) is 0 Å². The van der Waals surface area contributed by atoms with Crippen molar-refractivity contribution in [3.63, 3.8) is 0 Å². The van der Waals surface area contributed by atoms with Crippen molar-refractivity contribution in [2.75, 3.05) is 6.61 Å². The minimum Gasteiger partial charge on any atom is -0.393 e. The molecule has 0 aromatic heterocycles. The van der Waals surface area contributed by atoms with Crippen LogP contribution >= 0.6 is 0 Å². The standard InChI is InChI=1S/C20H32O3/c1-15(2)12-19(22)13-17(4)10-6-8-16(3)9-7-11-18(5)20(23)14-21/h9-10,12,20-21,23H,5-8,11,13-14H2,1-4H3/b16-9+,17-10+/t20-/m1/s1. The second-order valence-corrected chi connectivity index (χ2v) is 6.40. The monoisotopic (exact) mass is 320 g/mol. The van der Waals surface area contributed by atoms with Crippen molar-refractivity contribution in [2.45, 2.75) is 65.9 Å². The summed E-state index contributed by atoms with van der Waals surface area (Å²) in [7, 11) is 0. The van der Waals surface area contributed by atoms with Crippen molar-refractivity contribution in [2.24, 2.45) is 0 Å². The van der Waals surface area contributed by atoms with E-state index in [1.165, 1.54) is 5.57 Å². The van der Waals surface area contributed by atoms with Crippen LogP contribution in [0.25, 0.3) is 0 Å². The van der Waals surface area contributed by atoms with Crippen molar-refractivity contribution in [3.8, 4) is 0 Å². The molecule has 0 heterocycles. The number of ketones is 1. The molecule has 0 aromatic carbocycles. The van der Waals surface area contributed by atoms with E-state index >= 15 is 0 Å². The van der Waals surface area contributed by atoms with Gasteiger partial charge in [0.1, 0.15) is 0 Å². The van der Waals surface area contributed by atoms with Gasteiger partial charge < -0.3 is 10.2 Å². The van der Waals surface area contributed by atoms with Crippen LogP contribution < -0.4 is 0 Å². The Kier molecular flexibility index (Phi) is 11.3. The van der Waals surface area contributed by atoms with E-state index in [-0.39, 0.29) is 12.4 Å². The third kappa shape index (κ3) is 11.7. The Morgan fingerprint density at radius 2 is 1.61 bits per heavy atom. The summed E-state index contributed by atoms with van der Waals surface area (Å²) in [6, 6.07) is 0. The Morgan fingerprint density at radius 3 is 2.17 bits per heavy atom. The summed E-state index contributed by atoms with van der Waals surface area (Å²) in [6.45, 7) is 11.4. The fourth-order valence-corrected chi connectivity index (χ4v) is 2.17. The highest BCUT2D eigenvalue weighted by molar-refractivity contribution is 5.91. The lowest BCUT2D eigenvalue weighted by Crippen LogP contribution is -2.14. The third-order valence-corrected chi connectivity index (χ3v) is 3.54. The van der Waals surface area contributed by atoms with Crippen LogP contribution in [0.15, 0.2) is 47.1 Å². The summed E-state index contributed by atoms with van der Waals surface area (Å²) in [5.74, 6) is 0.159. The van der Waals surface area contributed by atoms with Gasteiger partial charge in [-0.1, -0.05) is 35.5 Å². The molecular weight excluding hydrogens is 288 g/mol. The Balaban J connectivity index is 4.13. The van der Waals surface area contributed by atoms with Crippen LogP contribution in [0.4, 0.5) is 0 Å². The number of aliphatic hydroxyl groups excluding tert-OH is 2. The predicted molar refractivity (Wildman–Crippen MR) is 97.3 cm³/mol. The zero-order valence-corrected chi connectivity index (χ0v) is 15.1. The van der Waals surface area contributed by atoms with Crippen LogP contribution in [0.3, 0.4) is 0 Å². The predicted octanol–water partition coefficient (Wildman–Crippen LogP) is 4.27. The lowest BCUT2D eigenvalue weighted by Gasteiger charge is -2.09. The smallest absolute Gasteiger partial charge is 0.159 e. The maximum Gasteiger partial charge on any atom is 0.159 e. The first kappa shape index (κ1) is 21.6. The van der Waals surface area contributed by atoms with E-state index in [1.807, 2.05) is 20.8 Å². The SMILES string of the molecule is C=C(CC/C=C(\C)CC/C=C(\C)CC(=O)C=C(C)C)[C@H](O)CO. The molecule has 0 rings (SSSR count). The molecule has 23 heavy (non-hydrogen) atoms. The number of carbonyl (C=O) groups excluding carboxylic acids is 1. The van der Waals surface area contributed by atoms with E-state index in [4.69, 9.17) is 5.11 Å². The van der Waals surface area contributed by atoms with Crippen LogP contribution in [0.5, 0.6) is 0 Å². The highest BCUT2D eigenvalue weighted by atomic mass is 16.3. The van der Waals surface area contributed by atoms with Gasteiger partial charge in [0, 0.05) is 6.42 Å². The van der Waals surface area contributed by atoms with Crippen molar-refractivity contribution in [3.05, 3.63) is 47.1 Å². The summed E-state index contributed by atoms with van der Waals surface area (Å²) >= 11 is 0. The number of rotatable bonds is 11. The van der Waals surface area contributed by atoms with Gasteiger partial charge in [0.25, 0.3) is 0 Å². The number of hydrogen-bond acceptors (Lipinski definition) is 3. The molecule has 0 bridgehead atoms. The van der Waals surface area contributed by atoms with Gasteiger partial charge in [-0.3, -0.25) is 4.79 Å². The maximum absolute atomic E-state index is 11.7. The molecule has 1 atom stereocenters. The molecule has 0 saturated heterocycles. The molecule has 3 nitrogen and oxygen atoms in total. The lowest BCUT2D eigenvalue weighted by atomic mass is 10.0. The molecule has 3 heteroatoms. The van der Waals surface area contributed by atoms with E-state index in [0.717, 1.165) is 30.4 Å². The number of aliphatic hydroxyl groups is 2. The van der Waals surface area contributed by atoms with Crippen molar-refractivity contribution >= 4 is 5.78 Å². The van der Waals surface area contributed by atoms with Crippen LogP contribution in [0.1, 0.15) is 59.8 Å². The molecular formula is C20H32O3. The average molecular weight is 320 g/mol. The first-order valence-electron chi connectivity index (χ1n) is 8.21. The Labute approximate surface area is 141 Å². The number of hydrogen-bond donors (Lipinski definition) is 2. The summed E-state index contributed by atoms with van der Waals surface area (Å²) in [5.41, 5.74) is 4.11. The molecule has 130 valence electrons. The van der Waals surface area contributed by atoms with Gasteiger partial charge in [-0.05, 0) is 65.0 Å². The Morgan fingerprint density at radius 1 is 1.04 bits per heavy atom. The van der Waals surface area contributed by atoms with Gasteiger partial charge in [0.15, 0.2) is 5.78 Å². The quantitative estimate of drug-likeness (QED) is 0.441. The second-order valence-electron chi connectivity index (χ2n) is 6.40. The zero-order chi connectivity index (χ0) is 17.8. The molecule has 0 amide bonds. The molecule has 0 saturated carbocycles. The molecule has 0 aliphatic carbocycles. The molecule has 0 radical (unpaired) electrons. The van der Waals surface area contributed by atoms with Crippen LogP contribution in [-0.2, 0) is 4.79 Å². The van der Waals surface area contributed by atoms with E-state index in [0.29, 0.717) is 18.4 Å².